The fourth-order valence-electron chi connectivity index (χ4n) is 2.37. The van der Waals surface area contributed by atoms with E-state index in [4.69, 9.17) is 4.74 Å². The molecule has 3 unspecified atom stereocenters. The summed E-state index contributed by atoms with van der Waals surface area (Å²) in [5.74, 6) is 1.07. The Hall–Kier alpha value is -0.940. The monoisotopic (exact) mass is 225 g/mol. The fraction of sp³-hybridized carbons (Fsp3) is 0.818. The van der Waals surface area contributed by atoms with Crippen molar-refractivity contribution in [1.82, 2.24) is 14.8 Å². The minimum Gasteiger partial charge on any atom is -0.392 e. The summed E-state index contributed by atoms with van der Waals surface area (Å²) in [5.41, 5.74) is 0. The topological polar surface area (TPSA) is 60.2 Å². The van der Waals surface area contributed by atoms with Crippen molar-refractivity contribution in [1.29, 1.82) is 0 Å². The summed E-state index contributed by atoms with van der Waals surface area (Å²) in [4.78, 5) is 4.13. The van der Waals surface area contributed by atoms with Crippen LogP contribution < -0.4 is 0 Å². The molecule has 1 N–H and O–H groups in total. The van der Waals surface area contributed by atoms with Crippen LogP contribution in [0.1, 0.15) is 25.6 Å². The van der Waals surface area contributed by atoms with E-state index < -0.39 is 0 Å². The van der Waals surface area contributed by atoms with Crippen molar-refractivity contribution in [3.63, 3.8) is 0 Å². The second kappa shape index (κ2) is 4.93. The largest absolute Gasteiger partial charge is 0.392 e. The number of aliphatic hydroxyl groups excluding tert-OH is 1. The Morgan fingerprint density at radius 2 is 2.50 bits per heavy atom. The normalized spacial score (nSPS) is 27.2. The summed E-state index contributed by atoms with van der Waals surface area (Å²) in [6.07, 6.45) is 3.79. The average molecular weight is 225 g/mol. The molecule has 1 aromatic heterocycles. The van der Waals surface area contributed by atoms with Gasteiger partial charge in [0.1, 0.15) is 12.2 Å². The second-order valence-electron chi connectivity index (χ2n) is 4.34. The van der Waals surface area contributed by atoms with E-state index in [1.807, 2.05) is 7.05 Å². The van der Waals surface area contributed by atoms with Crippen molar-refractivity contribution < 1.29 is 9.84 Å². The van der Waals surface area contributed by atoms with E-state index >= 15 is 0 Å². The zero-order valence-corrected chi connectivity index (χ0v) is 9.83. The number of aryl methyl sites for hydroxylation is 1. The molecule has 0 amide bonds. The lowest BCUT2D eigenvalue weighted by Gasteiger charge is -2.22. The third-order valence-electron chi connectivity index (χ3n) is 3.35. The molecule has 16 heavy (non-hydrogen) atoms. The van der Waals surface area contributed by atoms with Crippen molar-refractivity contribution >= 4 is 0 Å². The lowest BCUT2D eigenvalue weighted by molar-refractivity contribution is 0.0306. The molecule has 1 fully saturated rings. The molecule has 1 aliphatic rings. The summed E-state index contributed by atoms with van der Waals surface area (Å²) in [7, 11) is 1.84. The maximum Gasteiger partial charge on any atom is 0.138 e. The second-order valence-corrected chi connectivity index (χ2v) is 4.34. The van der Waals surface area contributed by atoms with Crippen molar-refractivity contribution in [2.24, 2.45) is 13.0 Å². The lowest BCUT2D eigenvalue weighted by Crippen LogP contribution is -2.30. The van der Waals surface area contributed by atoms with Gasteiger partial charge in [0.25, 0.3) is 0 Å². The summed E-state index contributed by atoms with van der Waals surface area (Å²) < 4.78 is 7.29. The van der Waals surface area contributed by atoms with Gasteiger partial charge < -0.3 is 9.84 Å². The number of hydrogen-bond donors (Lipinski definition) is 1. The number of aliphatic hydroxyl groups is 1. The van der Waals surface area contributed by atoms with Crippen molar-refractivity contribution in [3.05, 3.63) is 12.2 Å². The van der Waals surface area contributed by atoms with Gasteiger partial charge in [-0.05, 0) is 12.8 Å². The van der Waals surface area contributed by atoms with Gasteiger partial charge in [-0.15, -0.1) is 0 Å². The highest BCUT2D eigenvalue weighted by Gasteiger charge is 2.33. The van der Waals surface area contributed by atoms with Crippen LogP contribution in [0.2, 0.25) is 0 Å². The molecule has 5 heteroatoms. The van der Waals surface area contributed by atoms with Crippen LogP contribution in [0, 0.1) is 5.92 Å². The predicted octanol–water partition coefficient (Wildman–Crippen LogP) is 0.534. The first kappa shape index (κ1) is 11.5. The van der Waals surface area contributed by atoms with E-state index in [0.717, 1.165) is 25.3 Å². The summed E-state index contributed by atoms with van der Waals surface area (Å²) in [6.45, 7) is 2.86. The van der Waals surface area contributed by atoms with Gasteiger partial charge in [0, 0.05) is 26.0 Å². The van der Waals surface area contributed by atoms with Crippen molar-refractivity contribution in [2.45, 2.75) is 38.4 Å². The number of hydrogen-bond acceptors (Lipinski definition) is 4. The van der Waals surface area contributed by atoms with Crippen LogP contribution in [0.3, 0.4) is 0 Å². The van der Waals surface area contributed by atoms with E-state index in [9.17, 15) is 5.11 Å². The van der Waals surface area contributed by atoms with Crippen molar-refractivity contribution in [3.8, 4) is 0 Å². The molecule has 90 valence electrons. The van der Waals surface area contributed by atoms with Crippen LogP contribution in [0.5, 0.6) is 0 Å². The molecule has 3 atom stereocenters. The van der Waals surface area contributed by atoms with Gasteiger partial charge in [-0.3, -0.25) is 4.68 Å². The first-order chi connectivity index (χ1) is 7.72. The first-order valence-corrected chi connectivity index (χ1v) is 5.85. The van der Waals surface area contributed by atoms with Crippen molar-refractivity contribution in [2.75, 3.05) is 6.61 Å². The van der Waals surface area contributed by atoms with Gasteiger partial charge in [0.15, 0.2) is 0 Å². The Kier molecular flexibility index (Phi) is 3.56. The molecular formula is C11H19N3O2. The molecule has 1 aliphatic heterocycles. The smallest absolute Gasteiger partial charge is 0.138 e. The molecule has 2 rings (SSSR count). The van der Waals surface area contributed by atoms with E-state index in [1.54, 1.807) is 4.68 Å². The molecule has 0 aromatic carbocycles. The summed E-state index contributed by atoms with van der Waals surface area (Å²) >= 11 is 0. The zero-order chi connectivity index (χ0) is 11.5. The Labute approximate surface area is 95.4 Å². The van der Waals surface area contributed by atoms with Crippen LogP contribution >= 0.6 is 0 Å². The van der Waals surface area contributed by atoms with E-state index in [2.05, 4.69) is 17.0 Å². The van der Waals surface area contributed by atoms with Gasteiger partial charge in [-0.2, -0.15) is 5.10 Å². The van der Waals surface area contributed by atoms with Crippen LogP contribution in [0.15, 0.2) is 6.33 Å². The van der Waals surface area contributed by atoms with E-state index in [1.165, 1.54) is 6.33 Å². The number of nitrogens with zero attached hydrogens (tertiary/aromatic N) is 3. The molecule has 1 saturated heterocycles. The van der Waals surface area contributed by atoms with Crippen LogP contribution in [-0.4, -0.2) is 38.7 Å². The van der Waals surface area contributed by atoms with Gasteiger partial charge in [0.2, 0.25) is 0 Å². The maximum atomic E-state index is 10.2. The molecule has 1 aromatic rings. The van der Waals surface area contributed by atoms with E-state index in [-0.39, 0.29) is 18.1 Å². The highest BCUT2D eigenvalue weighted by atomic mass is 16.5. The first-order valence-electron chi connectivity index (χ1n) is 5.85. The zero-order valence-electron chi connectivity index (χ0n) is 9.83. The SMILES string of the molecule is CCC1OCCC1C(O)Cc1ncnn1C. The summed E-state index contributed by atoms with van der Waals surface area (Å²) in [5, 5.41) is 14.2. The number of aromatic nitrogens is 3. The minimum absolute atomic E-state index is 0.197. The number of rotatable bonds is 4. The van der Waals surface area contributed by atoms with Gasteiger partial charge in [-0.25, -0.2) is 4.98 Å². The molecule has 0 bridgehead atoms. The molecule has 0 saturated carbocycles. The fourth-order valence-corrected chi connectivity index (χ4v) is 2.37. The van der Waals surface area contributed by atoms with Gasteiger partial charge >= 0.3 is 0 Å². The molecule has 0 spiro atoms. The lowest BCUT2D eigenvalue weighted by atomic mass is 9.91. The standard InChI is InChI=1S/C11H19N3O2/c1-3-10-8(4-5-16-10)9(15)6-11-12-7-13-14(11)2/h7-10,15H,3-6H2,1-2H3. The molecular weight excluding hydrogens is 206 g/mol. The third-order valence-corrected chi connectivity index (χ3v) is 3.35. The molecule has 2 heterocycles. The van der Waals surface area contributed by atoms with Crippen LogP contribution in [-0.2, 0) is 18.2 Å². The summed E-state index contributed by atoms with van der Waals surface area (Å²) in [6, 6.07) is 0. The highest BCUT2D eigenvalue weighted by Crippen LogP contribution is 2.27. The van der Waals surface area contributed by atoms with Crippen LogP contribution in [0.25, 0.3) is 0 Å². The van der Waals surface area contributed by atoms with Gasteiger partial charge in [-0.1, -0.05) is 6.92 Å². The van der Waals surface area contributed by atoms with Gasteiger partial charge in [0.05, 0.1) is 12.2 Å². The Morgan fingerprint density at radius 1 is 1.69 bits per heavy atom. The van der Waals surface area contributed by atoms with Crippen LogP contribution in [0.4, 0.5) is 0 Å². The Bertz CT molecular complexity index is 340. The molecule has 0 aliphatic carbocycles. The van der Waals surface area contributed by atoms with E-state index in [0.29, 0.717) is 6.42 Å². The number of ether oxygens (including phenoxy) is 1. The quantitative estimate of drug-likeness (QED) is 0.812. The third kappa shape index (κ3) is 2.25. The highest BCUT2D eigenvalue weighted by molar-refractivity contribution is 4.91. The predicted molar refractivity (Wildman–Crippen MR) is 58.9 cm³/mol. The average Bonchev–Trinajstić information content (AvgIpc) is 2.87. The molecule has 0 radical (unpaired) electrons. The maximum absolute atomic E-state index is 10.2. The minimum atomic E-state index is -0.379. The molecule has 5 nitrogen and oxygen atoms in total. The Morgan fingerprint density at radius 3 is 3.12 bits per heavy atom. The Balaban J connectivity index is 1.97.